The van der Waals surface area contributed by atoms with E-state index < -0.39 is 23.4 Å². The summed E-state index contributed by atoms with van der Waals surface area (Å²) in [4.78, 5) is 43.3. The van der Waals surface area contributed by atoms with Gasteiger partial charge < -0.3 is 20.3 Å². The first-order chi connectivity index (χ1) is 15.5. The van der Waals surface area contributed by atoms with Gasteiger partial charge in [0.05, 0.1) is 16.3 Å². The van der Waals surface area contributed by atoms with Crippen LogP contribution in [0, 0.1) is 11.7 Å². The maximum atomic E-state index is 13.9. The van der Waals surface area contributed by atoms with Gasteiger partial charge in [-0.05, 0) is 63.9 Å². The van der Waals surface area contributed by atoms with E-state index in [1.807, 2.05) is 0 Å². The summed E-state index contributed by atoms with van der Waals surface area (Å²) in [5.41, 5.74) is -0.449. The zero-order chi connectivity index (χ0) is 24.2. The molecule has 1 aromatic carbocycles. The largest absolute Gasteiger partial charge is 0.444 e. The standard InChI is InChI=1S/C23H26ClFN4O4/c1-23(2,3)33-22(32)29-10-8-14(9-11-29)20(30)27-18-12-16(25)5-6-17(18)21(31)28-19-7-4-15(24)13-26-19/h4-7,12-14H,8-11H2,1-3H3,(H,27,30)(H,26,28,31). The van der Waals surface area contributed by atoms with E-state index in [9.17, 15) is 18.8 Å². The normalized spacial score (nSPS) is 14.5. The lowest BCUT2D eigenvalue weighted by Crippen LogP contribution is -2.43. The number of carbonyl (C=O) groups excluding carboxylic acids is 3. The first-order valence-corrected chi connectivity index (χ1v) is 10.9. The van der Waals surface area contributed by atoms with Crippen molar-refractivity contribution in [2.45, 2.75) is 39.2 Å². The van der Waals surface area contributed by atoms with Crippen LogP contribution < -0.4 is 10.6 Å². The fourth-order valence-corrected chi connectivity index (χ4v) is 3.45. The number of halogens is 2. The monoisotopic (exact) mass is 476 g/mol. The zero-order valence-corrected chi connectivity index (χ0v) is 19.4. The highest BCUT2D eigenvalue weighted by Crippen LogP contribution is 2.24. The van der Waals surface area contributed by atoms with Crippen LogP contribution in [0.2, 0.25) is 5.02 Å². The van der Waals surface area contributed by atoms with Gasteiger partial charge in [0, 0.05) is 25.2 Å². The Kier molecular flexibility index (Phi) is 7.53. The molecule has 3 rings (SSSR count). The molecule has 10 heteroatoms. The van der Waals surface area contributed by atoms with Crippen LogP contribution in [0.25, 0.3) is 0 Å². The molecule has 2 heterocycles. The molecule has 0 unspecified atom stereocenters. The van der Waals surface area contributed by atoms with Gasteiger partial charge in [-0.3, -0.25) is 9.59 Å². The van der Waals surface area contributed by atoms with Gasteiger partial charge in [-0.15, -0.1) is 0 Å². The van der Waals surface area contributed by atoms with Gasteiger partial charge in [-0.1, -0.05) is 11.6 Å². The number of hydrogen-bond donors (Lipinski definition) is 2. The second-order valence-corrected chi connectivity index (χ2v) is 9.17. The highest BCUT2D eigenvalue weighted by atomic mass is 35.5. The number of nitrogens with one attached hydrogen (secondary N) is 2. The third-order valence-corrected chi connectivity index (χ3v) is 5.19. The van der Waals surface area contributed by atoms with Gasteiger partial charge in [-0.25, -0.2) is 14.2 Å². The van der Waals surface area contributed by atoms with Crippen molar-refractivity contribution in [2.75, 3.05) is 23.7 Å². The topological polar surface area (TPSA) is 101 Å². The second kappa shape index (κ2) is 10.2. The lowest BCUT2D eigenvalue weighted by molar-refractivity contribution is -0.121. The summed E-state index contributed by atoms with van der Waals surface area (Å²) in [5.74, 6) is -1.62. The molecule has 1 fully saturated rings. The summed E-state index contributed by atoms with van der Waals surface area (Å²) >= 11 is 5.80. The first-order valence-electron chi connectivity index (χ1n) is 10.5. The molecule has 0 radical (unpaired) electrons. The van der Waals surface area contributed by atoms with Gasteiger partial charge >= 0.3 is 6.09 Å². The Hall–Kier alpha value is -3.20. The smallest absolute Gasteiger partial charge is 0.410 e. The number of likely N-dealkylation sites (tertiary alicyclic amines) is 1. The van der Waals surface area contributed by atoms with Gasteiger partial charge in [0.25, 0.3) is 5.91 Å². The Morgan fingerprint density at radius 3 is 2.42 bits per heavy atom. The van der Waals surface area contributed by atoms with Crippen molar-refractivity contribution < 1.29 is 23.5 Å². The van der Waals surface area contributed by atoms with E-state index in [1.165, 1.54) is 18.3 Å². The van der Waals surface area contributed by atoms with Crippen LogP contribution in [0.15, 0.2) is 36.5 Å². The molecule has 0 spiro atoms. The van der Waals surface area contributed by atoms with Crippen molar-refractivity contribution in [3.8, 4) is 0 Å². The van der Waals surface area contributed by atoms with Crippen LogP contribution in [0.4, 0.5) is 20.7 Å². The first kappa shape index (κ1) is 24.4. The number of nitrogens with zero attached hydrogens (tertiary/aromatic N) is 2. The van der Waals surface area contributed by atoms with E-state index >= 15 is 0 Å². The number of rotatable bonds is 4. The molecule has 1 saturated heterocycles. The molecular formula is C23H26ClFN4O4. The lowest BCUT2D eigenvalue weighted by atomic mass is 9.96. The summed E-state index contributed by atoms with van der Waals surface area (Å²) in [6.45, 7) is 6.11. The van der Waals surface area contributed by atoms with E-state index in [4.69, 9.17) is 16.3 Å². The number of benzene rings is 1. The average Bonchev–Trinajstić information content (AvgIpc) is 2.74. The maximum absolute atomic E-state index is 13.9. The fourth-order valence-electron chi connectivity index (χ4n) is 3.34. The second-order valence-electron chi connectivity index (χ2n) is 8.74. The predicted octanol–water partition coefficient (Wildman–Crippen LogP) is 4.71. The Morgan fingerprint density at radius 1 is 1.12 bits per heavy atom. The predicted molar refractivity (Wildman–Crippen MR) is 123 cm³/mol. The lowest BCUT2D eigenvalue weighted by Gasteiger charge is -2.33. The van der Waals surface area contributed by atoms with Crippen molar-refractivity contribution in [3.05, 3.63) is 52.9 Å². The minimum atomic E-state index is -0.596. The van der Waals surface area contributed by atoms with Crippen LogP contribution in [0.5, 0.6) is 0 Å². The summed E-state index contributed by atoms with van der Waals surface area (Å²) < 4.78 is 19.2. The van der Waals surface area contributed by atoms with Crippen LogP contribution in [-0.2, 0) is 9.53 Å². The summed E-state index contributed by atoms with van der Waals surface area (Å²) in [6.07, 6.45) is 1.82. The highest BCUT2D eigenvalue weighted by Gasteiger charge is 2.30. The van der Waals surface area contributed by atoms with Crippen LogP contribution in [0.3, 0.4) is 0 Å². The third kappa shape index (κ3) is 6.89. The van der Waals surface area contributed by atoms with E-state index in [0.717, 1.165) is 12.1 Å². The molecule has 0 bridgehead atoms. The molecule has 2 aromatic rings. The summed E-state index contributed by atoms with van der Waals surface area (Å²) in [6, 6.07) is 6.63. The number of piperidine rings is 1. The molecule has 0 saturated carbocycles. The number of carbonyl (C=O) groups is 3. The van der Waals surface area contributed by atoms with Gasteiger partial charge in [0.2, 0.25) is 5.91 Å². The molecule has 3 amide bonds. The Bertz CT molecular complexity index is 1030. The van der Waals surface area contributed by atoms with Gasteiger partial charge in [0.15, 0.2) is 0 Å². The number of ether oxygens (including phenoxy) is 1. The van der Waals surface area contributed by atoms with Crippen molar-refractivity contribution in [1.82, 2.24) is 9.88 Å². The van der Waals surface area contributed by atoms with E-state index in [0.29, 0.717) is 31.0 Å². The van der Waals surface area contributed by atoms with Gasteiger partial charge in [0.1, 0.15) is 17.2 Å². The van der Waals surface area contributed by atoms with E-state index in [-0.39, 0.29) is 28.9 Å². The summed E-state index contributed by atoms with van der Waals surface area (Å²) in [7, 11) is 0. The number of hydrogen-bond acceptors (Lipinski definition) is 5. The Morgan fingerprint density at radius 2 is 1.82 bits per heavy atom. The third-order valence-electron chi connectivity index (χ3n) is 4.97. The molecule has 33 heavy (non-hydrogen) atoms. The van der Waals surface area contributed by atoms with Crippen LogP contribution in [-0.4, -0.2) is 46.5 Å². The molecule has 0 atom stereocenters. The Balaban J connectivity index is 1.64. The number of amides is 3. The molecule has 1 aliphatic rings. The Labute approximate surface area is 196 Å². The minimum absolute atomic E-state index is 0.0565. The molecular weight excluding hydrogens is 451 g/mol. The van der Waals surface area contributed by atoms with Crippen molar-refractivity contribution in [1.29, 1.82) is 0 Å². The average molecular weight is 477 g/mol. The molecule has 0 aliphatic carbocycles. The zero-order valence-electron chi connectivity index (χ0n) is 18.7. The molecule has 1 aromatic heterocycles. The SMILES string of the molecule is CC(C)(C)OC(=O)N1CCC(C(=O)Nc2cc(F)ccc2C(=O)Nc2ccc(Cl)cn2)CC1. The number of pyridine rings is 1. The number of anilines is 2. The molecule has 2 N–H and O–H groups in total. The van der Waals surface area contributed by atoms with E-state index in [1.54, 1.807) is 31.7 Å². The van der Waals surface area contributed by atoms with Crippen molar-refractivity contribution >= 4 is 41.0 Å². The van der Waals surface area contributed by atoms with E-state index in [2.05, 4.69) is 15.6 Å². The minimum Gasteiger partial charge on any atom is -0.444 e. The van der Waals surface area contributed by atoms with Crippen molar-refractivity contribution in [3.63, 3.8) is 0 Å². The van der Waals surface area contributed by atoms with Crippen molar-refractivity contribution in [2.24, 2.45) is 5.92 Å². The molecule has 176 valence electrons. The van der Waals surface area contributed by atoms with Crippen LogP contribution in [0.1, 0.15) is 44.0 Å². The highest BCUT2D eigenvalue weighted by molar-refractivity contribution is 6.30. The molecule has 1 aliphatic heterocycles. The van der Waals surface area contributed by atoms with Gasteiger partial charge in [-0.2, -0.15) is 0 Å². The quantitative estimate of drug-likeness (QED) is 0.665. The van der Waals surface area contributed by atoms with Crippen LogP contribution >= 0.6 is 11.6 Å². The number of aromatic nitrogens is 1. The maximum Gasteiger partial charge on any atom is 0.410 e. The molecule has 8 nitrogen and oxygen atoms in total. The fraction of sp³-hybridized carbons (Fsp3) is 0.391. The summed E-state index contributed by atoms with van der Waals surface area (Å²) in [5, 5.41) is 5.67.